The van der Waals surface area contributed by atoms with Crippen LogP contribution >= 0.6 is 0 Å². The lowest BCUT2D eigenvalue weighted by atomic mass is 9.81. The molecule has 1 N–H and O–H groups in total. The summed E-state index contributed by atoms with van der Waals surface area (Å²) in [5.41, 5.74) is -0.436. The van der Waals surface area contributed by atoms with E-state index >= 15 is 0 Å². The molecule has 31 heavy (non-hydrogen) atoms. The molecule has 1 aromatic rings. The number of sulfone groups is 1. The summed E-state index contributed by atoms with van der Waals surface area (Å²) in [4.78, 5) is 26.0. The van der Waals surface area contributed by atoms with E-state index in [0.29, 0.717) is 25.9 Å². The number of nitrogens with one attached hydrogen (secondary N) is 1. The number of nitrogens with zero attached hydrogens (tertiary/aromatic N) is 2. The summed E-state index contributed by atoms with van der Waals surface area (Å²) in [6.07, 6.45) is -1.03. The molecule has 1 atom stereocenters. The maximum atomic E-state index is 14.9. The number of hydrogen-bond donors (Lipinski definition) is 1. The van der Waals surface area contributed by atoms with Crippen molar-refractivity contribution in [2.24, 2.45) is 5.41 Å². The van der Waals surface area contributed by atoms with Gasteiger partial charge in [-0.1, -0.05) is 0 Å². The van der Waals surface area contributed by atoms with Crippen LogP contribution in [0.5, 0.6) is 0 Å². The second-order valence-electron chi connectivity index (χ2n) is 8.27. The molecule has 2 amide bonds. The van der Waals surface area contributed by atoms with Crippen molar-refractivity contribution < 1.29 is 36.3 Å². The Morgan fingerprint density at radius 2 is 1.87 bits per heavy atom. The standard InChI is InChI=1S/C19H23F2N3O6S/c1-29-17(25)22-8-13-9-24(18(26)30-13)12-6-14(20)16(15(21)7-12)23-4-2-19(3-5-23)10-31(27,28)11-19/h6-7,13H,2-5,8-11H2,1H3,(H,22,25)/t13-/m0/s1. The van der Waals surface area contributed by atoms with Crippen molar-refractivity contribution in [2.45, 2.75) is 18.9 Å². The topological polar surface area (TPSA) is 105 Å². The predicted octanol–water partition coefficient (Wildman–Crippen LogP) is 1.66. The molecule has 3 saturated heterocycles. The highest BCUT2D eigenvalue weighted by molar-refractivity contribution is 7.92. The molecule has 0 bridgehead atoms. The number of methoxy groups -OCH3 is 1. The van der Waals surface area contributed by atoms with Gasteiger partial charge in [0.15, 0.2) is 21.5 Å². The van der Waals surface area contributed by atoms with Crippen molar-refractivity contribution in [2.75, 3.05) is 54.6 Å². The number of anilines is 2. The van der Waals surface area contributed by atoms with Gasteiger partial charge in [-0.3, -0.25) is 4.90 Å². The van der Waals surface area contributed by atoms with E-state index in [-0.39, 0.29) is 41.4 Å². The number of alkyl carbamates (subject to hydrolysis) is 1. The summed E-state index contributed by atoms with van der Waals surface area (Å²) in [6, 6.07) is 2.15. The summed E-state index contributed by atoms with van der Waals surface area (Å²) >= 11 is 0. The summed E-state index contributed by atoms with van der Waals surface area (Å²) in [6.45, 7) is 0.733. The van der Waals surface area contributed by atoms with Crippen molar-refractivity contribution >= 4 is 33.4 Å². The minimum atomic E-state index is -2.97. The molecule has 1 aromatic carbocycles. The molecule has 1 spiro atoms. The molecule has 0 aromatic heterocycles. The number of amides is 2. The van der Waals surface area contributed by atoms with E-state index in [4.69, 9.17) is 4.74 Å². The summed E-state index contributed by atoms with van der Waals surface area (Å²) < 4.78 is 62.3. The first-order chi connectivity index (χ1) is 14.6. The van der Waals surface area contributed by atoms with Crippen LogP contribution in [0.4, 0.5) is 29.7 Å². The number of carbonyl (C=O) groups is 2. The molecule has 4 rings (SSSR count). The number of rotatable bonds is 4. The van der Waals surface area contributed by atoms with Gasteiger partial charge in [0, 0.05) is 30.6 Å². The maximum Gasteiger partial charge on any atom is 0.414 e. The highest BCUT2D eigenvalue weighted by Crippen LogP contribution is 2.44. The molecular formula is C19H23F2N3O6S. The van der Waals surface area contributed by atoms with Crippen LogP contribution in [0, 0.1) is 17.0 Å². The minimum absolute atomic E-state index is 0.00318. The van der Waals surface area contributed by atoms with Gasteiger partial charge in [0.2, 0.25) is 0 Å². The van der Waals surface area contributed by atoms with Gasteiger partial charge < -0.3 is 19.7 Å². The van der Waals surface area contributed by atoms with E-state index in [2.05, 4.69) is 10.1 Å². The Labute approximate surface area is 178 Å². The van der Waals surface area contributed by atoms with Crippen LogP contribution < -0.4 is 15.1 Å². The lowest BCUT2D eigenvalue weighted by Crippen LogP contribution is -2.54. The van der Waals surface area contributed by atoms with Crippen LogP contribution in [0.1, 0.15) is 12.8 Å². The van der Waals surface area contributed by atoms with Crippen LogP contribution in [-0.2, 0) is 19.3 Å². The van der Waals surface area contributed by atoms with Crippen LogP contribution in [0.2, 0.25) is 0 Å². The number of hydrogen-bond acceptors (Lipinski definition) is 7. The molecule has 0 aliphatic carbocycles. The summed E-state index contributed by atoms with van der Waals surface area (Å²) in [5, 5.41) is 2.41. The lowest BCUT2D eigenvalue weighted by molar-refractivity contribution is 0.132. The molecule has 3 heterocycles. The van der Waals surface area contributed by atoms with E-state index in [9.17, 15) is 26.8 Å². The highest BCUT2D eigenvalue weighted by atomic mass is 32.2. The Morgan fingerprint density at radius 3 is 2.42 bits per heavy atom. The Balaban J connectivity index is 1.43. The lowest BCUT2D eigenvalue weighted by Gasteiger charge is -2.47. The number of piperidine rings is 1. The molecule has 12 heteroatoms. The van der Waals surface area contributed by atoms with Gasteiger partial charge in [0.05, 0.1) is 37.4 Å². The van der Waals surface area contributed by atoms with Crippen molar-refractivity contribution in [3.8, 4) is 0 Å². The molecule has 3 fully saturated rings. The largest absolute Gasteiger partial charge is 0.453 e. The zero-order valence-corrected chi connectivity index (χ0v) is 17.7. The quantitative estimate of drug-likeness (QED) is 0.730. The second-order valence-corrected chi connectivity index (χ2v) is 10.3. The first kappa shape index (κ1) is 21.6. The van der Waals surface area contributed by atoms with Crippen molar-refractivity contribution in [1.29, 1.82) is 0 Å². The maximum absolute atomic E-state index is 14.9. The van der Waals surface area contributed by atoms with Gasteiger partial charge in [-0.15, -0.1) is 0 Å². The molecule has 9 nitrogen and oxygen atoms in total. The first-order valence-electron chi connectivity index (χ1n) is 9.86. The normalized spacial score (nSPS) is 24.0. The third-order valence-corrected chi connectivity index (χ3v) is 8.14. The molecule has 3 aliphatic heterocycles. The summed E-state index contributed by atoms with van der Waals surface area (Å²) in [5.74, 6) is -1.34. The second kappa shape index (κ2) is 7.81. The van der Waals surface area contributed by atoms with Gasteiger partial charge >= 0.3 is 12.2 Å². The smallest absolute Gasteiger partial charge is 0.414 e. The van der Waals surface area contributed by atoms with Crippen LogP contribution in [0.25, 0.3) is 0 Å². The Morgan fingerprint density at radius 1 is 1.26 bits per heavy atom. The fourth-order valence-electron chi connectivity index (χ4n) is 4.50. The Hall–Kier alpha value is -2.63. The van der Waals surface area contributed by atoms with E-state index in [0.717, 1.165) is 17.0 Å². The molecule has 0 saturated carbocycles. The number of ether oxygens (including phenoxy) is 2. The third kappa shape index (κ3) is 4.25. The fourth-order valence-corrected chi connectivity index (χ4v) is 6.86. The average molecular weight is 459 g/mol. The number of halogens is 2. The predicted molar refractivity (Wildman–Crippen MR) is 107 cm³/mol. The average Bonchev–Trinajstić information content (AvgIpc) is 3.06. The van der Waals surface area contributed by atoms with E-state index in [1.165, 1.54) is 7.11 Å². The van der Waals surface area contributed by atoms with Crippen LogP contribution in [0.3, 0.4) is 0 Å². The van der Waals surface area contributed by atoms with Gasteiger partial charge in [-0.05, 0) is 12.8 Å². The third-order valence-electron chi connectivity index (χ3n) is 6.04. The van der Waals surface area contributed by atoms with E-state index in [1.54, 1.807) is 4.90 Å². The summed E-state index contributed by atoms with van der Waals surface area (Å²) in [7, 11) is -1.77. The fraction of sp³-hybridized carbons (Fsp3) is 0.579. The number of cyclic esters (lactones) is 1. The van der Waals surface area contributed by atoms with Crippen LogP contribution in [-0.4, -0.2) is 71.5 Å². The van der Waals surface area contributed by atoms with Crippen molar-refractivity contribution in [1.82, 2.24) is 5.32 Å². The van der Waals surface area contributed by atoms with E-state index in [1.807, 2.05) is 0 Å². The zero-order valence-electron chi connectivity index (χ0n) is 16.9. The van der Waals surface area contributed by atoms with Gasteiger partial charge in [0.25, 0.3) is 0 Å². The zero-order chi connectivity index (χ0) is 22.4. The SMILES string of the molecule is COC(=O)NC[C@H]1CN(c2cc(F)c(N3CCC4(CC3)CS(=O)(=O)C4)c(F)c2)C(=O)O1. The van der Waals surface area contributed by atoms with Crippen molar-refractivity contribution in [3.63, 3.8) is 0 Å². The van der Waals surface area contributed by atoms with Crippen molar-refractivity contribution in [3.05, 3.63) is 23.8 Å². The van der Waals surface area contributed by atoms with Crippen LogP contribution in [0.15, 0.2) is 12.1 Å². The first-order valence-corrected chi connectivity index (χ1v) is 11.7. The molecule has 3 aliphatic rings. The van der Waals surface area contributed by atoms with Gasteiger partial charge in [-0.2, -0.15) is 0 Å². The minimum Gasteiger partial charge on any atom is -0.453 e. The number of carbonyl (C=O) groups excluding carboxylic acids is 2. The molecule has 0 radical (unpaired) electrons. The van der Waals surface area contributed by atoms with Gasteiger partial charge in [-0.25, -0.2) is 26.8 Å². The van der Waals surface area contributed by atoms with E-state index < -0.39 is 39.8 Å². The Bertz CT molecular complexity index is 973. The number of benzene rings is 1. The highest BCUT2D eigenvalue weighted by Gasteiger charge is 2.49. The molecule has 0 unspecified atom stereocenters. The molecular weight excluding hydrogens is 436 g/mol. The monoisotopic (exact) mass is 459 g/mol. The Kier molecular flexibility index (Phi) is 5.44. The molecule has 170 valence electrons. The van der Waals surface area contributed by atoms with Gasteiger partial charge in [0.1, 0.15) is 11.8 Å².